The Morgan fingerprint density at radius 3 is 2.29 bits per heavy atom. The number of alkyl halides is 3. The summed E-state index contributed by atoms with van der Waals surface area (Å²) in [5.74, 6) is -3.59. The van der Waals surface area contributed by atoms with E-state index >= 15 is 0 Å². The van der Waals surface area contributed by atoms with Gasteiger partial charge in [0.2, 0.25) is 5.91 Å². The number of quaternary nitrogens is 1. The number of rotatable bonds is 10. The zero-order valence-corrected chi connectivity index (χ0v) is 18.6. The van der Waals surface area contributed by atoms with Crippen LogP contribution in [0.1, 0.15) is 24.4 Å². The van der Waals surface area contributed by atoms with Crippen molar-refractivity contribution < 1.29 is 35.4 Å². The summed E-state index contributed by atoms with van der Waals surface area (Å²) in [5.41, 5.74) is -1.68. The van der Waals surface area contributed by atoms with Gasteiger partial charge in [0, 0.05) is 0 Å². The summed E-state index contributed by atoms with van der Waals surface area (Å²) >= 11 is 0. The van der Waals surface area contributed by atoms with Crippen molar-refractivity contribution in [3.05, 3.63) is 65.4 Å². The number of hydrogen-bond donors (Lipinski definition) is 2. The van der Waals surface area contributed by atoms with Gasteiger partial charge >= 0.3 is 6.18 Å². The van der Waals surface area contributed by atoms with Crippen LogP contribution >= 0.6 is 0 Å². The van der Waals surface area contributed by atoms with Crippen molar-refractivity contribution in [3.8, 4) is 6.07 Å². The van der Waals surface area contributed by atoms with Crippen molar-refractivity contribution >= 4 is 15.7 Å². The van der Waals surface area contributed by atoms with E-state index in [9.17, 15) is 41.2 Å². The number of carbonyl (C=O) groups is 1. The van der Waals surface area contributed by atoms with E-state index in [0.717, 1.165) is 24.3 Å². The highest BCUT2D eigenvalue weighted by Crippen LogP contribution is 2.35. The average molecular weight is 502 g/mol. The van der Waals surface area contributed by atoms with E-state index in [2.05, 4.69) is 5.32 Å². The Labute approximate surface area is 193 Å². The number of nitriles is 1. The third kappa shape index (κ3) is 6.63. The molecule has 3 rings (SSSR count). The van der Waals surface area contributed by atoms with Crippen LogP contribution in [0.3, 0.4) is 0 Å². The predicted octanol–water partition coefficient (Wildman–Crippen LogP) is 2.33. The molecule has 1 fully saturated rings. The summed E-state index contributed by atoms with van der Waals surface area (Å²) in [7, 11) is -4.19. The van der Waals surface area contributed by atoms with Crippen LogP contribution in [0.25, 0.3) is 0 Å². The van der Waals surface area contributed by atoms with Crippen molar-refractivity contribution in [3.63, 3.8) is 0 Å². The first-order valence-corrected chi connectivity index (χ1v) is 12.1. The minimum absolute atomic E-state index is 0.282. The Morgan fingerprint density at radius 1 is 1.21 bits per heavy atom. The normalized spacial score (nSPS) is 19.9. The number of hydrogen-bond acceptors (Lipinski definition) is 6. The third-order valence-electron chi connectivity index (χ3n) is 5.50. The molecular formula is C21H22F4N4O4S. The first-order valence-electron chi connectivity index (χ1n) is 10.2. The smallest absolute Gasteiger partial charge is 0.407 e. The maximum atomic E-state index is 13.8. The summed E-state index contributed by atoms with van der Waals surface area (Å²) in [6.07, 6.45) is 0.887. The molecular weight excluding hydrogens is 480 g/mol. The van der Waals surface area contributed by atoms with Gasteiger partial charge in [-0.2, -0.15) is 18.4 Å². The second-order valence-electron chi connectivity index (χ2n) is 8.30. The predicted molar refractivity (Wildman–Crippen MR) is 113 cm³/mol. The standard InChI is InChI=1S/C21H22F4N4O4S/c22-16-5-3-15(4-6-16)18(21(23,24)25)27-17(19(30)28-20(14-26)7-8-20)13-34(32,33)12-11-29(31)9-1-2-10-29/h1-6,9-10,17-18,27H,7-8,11-13H2,(H,28,30)/t17-,18-/m0/s1. The lowest BCUT2D eigenvalue weighted by atomic mass is 10.0. The van der Waals surface area contributed by atoms with Gasteiger partial charge in [0.25, 0.3) is 0 Å². The summed E-state index contributed by atoms with van der Waals surface area (Å²) in [6, 6.07) is 0.847. The highest BCUT2D eigenvalue weighted by molar-refractivity contribution is 7.91. The molecule has 0 spiro atoms. The topological polar surface area (TPSA) is 122 Å². The van der Waals surface area contributed by atoms with Crippen LogP contribution in [0, 0.1) is 22.4 Å². The Hall–Kier alpha value is -2.79. The Morgan fingerprint density at radius 2 is 1.79 bits per heavy atom. The number of sulfone groups is 1. The quantitative estimate of drug-likeness (QED) is 0.288. The van der Waals surface area contributed by atoms with Gasteiger partial charge in [-0.1, -0.05) is 12.1 Å². The van der Waals surface area contributed by atoms with Crippen LogP contribution in [0.2, 0.25) is 0 Å². The van der Waals surface area contributed by atoms with Gasteiger partial charge < -0.3 is 15.2 Å². The molecule has 2 N–H and O–H groups in total. The van der Waals surface area contributed by atoms with Gasteiger partial charge in [-0.15, -0.1) is 0 Å². The van der Waals surface area contributed by atoms with Crippen molar-refractivity contribution in [2.24, 2.45) is 0 Å². The van der Waals surface area contributed by atoms with Crippen molar-refractivity contribution in [1.29, 1.82) is 5.26 Å². The van der Waals surface area contributed by atoms with Gasteiger partial charge in [0.05, 0.1) is 11.8 Å². The van der Waals surface area contributed by atoms with Gasteiger partial charge in [-0.25, -0.2) is 12.8 Å². The van der Waals surface area contributed by atoms with Crippen LogP contribution < -0.4 is 10.6 Å². The molecule has 2 aliphatic rings. The van der Waals surface area contributed by atoms with Crippen molar-refractivity contribution in [2.45, 2.75) is 36.6 Å². The highest BCUT2D eigenvalue weighted by atomic mass is 32.2. The van der Waals surface area contributed by atoms with Crippen LogP contribution in [0.5, 0.6) is 0 Å². The van der Waals surface area contributed by atoms with Crippen molar-refractivity contribution in [2.75, 3.05) is 18.1 Å². The first kappa shape index (κ1) is 25.8. The fourth-order valence-corrected chi connectivity index (χ4v) is 4.84. The van der Waals surface area contributed by atoms with Gasteiger partial charge in [0.1, 0.15) is 48.1 Å². The third-order valence-corrected chi connectivity index (χ3v) is 7.15. The summed E-state index contributed by atoms with van der Waals surface area (Å²) in [4.78, 5) is 12.8. The molecule has 34 heavy (non-hydrogen) atoms. The maximum absolute atomic E-state index is 13.8. The maximum Gasteiger partial charge on any atom is 0.407 e. The molecule has 1 aromatic carbocycles. The molecule has 0 unspecified atom stereocenters. The van der Waals surface area contributed by atoms with Gasteiger partial charge in [-0.05, 0) is 42.7 Å². The van der Waals surface area contributed by atoms with E-state index in [1.807, 2.05) is 11.4 Å². The fraction of sp³-hybridized carbons (Fsp3) is 0.429. The van der Waals surface area contributed by atoms with E-state index in [0.29, 0.717) is 0 Å². The fourth-order valence-electron chi connectivity index (χ4n) is 3.36. The molecule has 1 aromatic rings. The molecule has 1 heterocycles. The summed E-state index contributed by atoms with van der Waals surface area (Å²) < 4.78 is 79.1. The summed E-state index contributed by atoms with van der Waals surface area (Å²) in [6.45, 7) is -0.424. The molecule has 0 bridgehead atoms. The lowest BCUT2D eigenvalue weighted by Crippen LogP contribution is -2.54. The average Bonchev–Trinajstić information content (AvgIpc) is 3.39. The molecule has 2 atom stereocenters. The molecule has 13 heteroatoms. The minimum atomic E-state index is -4.96. The number of carbonyl (C=O) groups excluding carboxylic acids is 1. The van der Waals surface area contributed by atoms with E-state index in [4.69, 9.17) is 0 Å². The Bertz CT molecular complexity index is 1110. The Balaban J connectivity index is 1.84. The largest absolute Gasteiger partial charge is 0.623 e. The molecule has 8 nitrogen and oxygen atoms in total. The highest BCUT2D eigenvalue weighted by Gasteiger charge is 2.48. The van der Waals surface area contributed by atoms with Crippen molar-refractivity contribution in [1.82, 2.24) is 10.6 Å². The van der Waals surface area contributed by atoms with Crippen LogP contribution in [0.4, 0.5) is 17.6 Å². The first-order chi connectivity index (χ1) is 15.8. The number of benzene rings is 1. The SMILES string of the molecule is N#CC1(NC(=O)[C@H](CS(=O)(=O)CC[N+]2([O-])C=CC=C2)N[C@@H](c2ccc(F)cc2)C(F)(F)F)CC1. The molecule has 1 saturated carbocycles. The molecule has 0 aromatic heterocycles. The lowest BCUT2D eigenvalue weighted by Gasteiger charge is -2.33. The molecule has 184 valence electrons. The van der Waals surface area contributed by atoms with E-state index in [1.165, 1.54) is 24.6 Å². The van der Waals surface area contributed by atoms with Crippen LogP contribution in [0.15, 0.2) is 48.8 Å². The van der Waals surface area contributed by atoms with Gasteiger partial charge in [-0.3, -0.25) is 10.1 Å². The zero-order valence-electron chi connectivity index (χ0n) is 17.8. The molecule has 1 aliphatic carbocycles. The van der Waals surface area contributed by atoms with E-state index in [-0.39, 0.29) is 12.8 Å². The monoisotopic (exact) mass is 502 g/mol. The zero-order chi connectivity index (χ0) is 25.2. The number of amides is 1. The van der Waals surface area contributed by atoms with Crippen LogP contribution in [-0.4, -0.2) is 54.8 Å². The minimum Gasteiger partial charge on any atom is -0.623 e. The number of halogens is 4. The second-order valence-corrected chi connectivity index (χ2v) is 10.5. The van der Waals surface area contributed by atoms with E-state index in [1.54, 1.807) is 0 Å². The second kappa shape index (κ2) is 9.46. The molecule has 1 aliphatic heterocycles. The molecule has 0 radical (unpaired) electrons. The van der Waals surface area contributed by atoms with Crippen LogP contribution in [-0.2, 0) is 14.6 Å². The molecule has 0 saturated heterocycles. The summed E-state index contributed by atoms with van der Waals surface area (Å²) in [5, 5.41) is 25.9. The van der Waals surface area contributed by atoms with Gasteiger partial charge in [0.15, 0.2) is 9.84 Å². The Kier molecular flexibility index (Phi) is 7.18. The number of allylic oxidation sites excluding steroid dienone is 2. The number of nitrogens with zero attached hydrogens (tertiary/aromatic N) is 2. The molecule has 1 amide bonds. The lowest BCUT2D eigenvalue weighted by molar-refractivity contribution is -0.768. The number of nitrogens with one attached hydrogen (secondary N) is 2. The van der Waals surface area contributed by atoms with E-state index < -0.39 is 73.6 Å². The number of hydroxylamine groups is 3.